The van der Waals surface area contributed by atoms with E-state index in [1.54, 1.807) is 12.1 Å². The van der Waals surface area contributed by atoms with Crippen molar-refractivity contribution in [3.63, 3.8) is 0 Å². The van der Waals surface area contributed by atoms with Gasteiger partial charge in [-0.1, -0.05) is 25.5 Å². The van der Waals surface area contributed by atoms with E-state index in [1.165, 1.54) is 0 Å². The van der Waals surface area contributed by atoms with E-state index >= 15 is 0 Å². The van der Waals surface area contributed by atoms with E-state index in [0.717, 1.165) is 18.2 Å². The zero-order valence-corrected chi connectivity index (χ0v) is 14.5. The molecule has 1 N–H and O–H groups in total. The van der Waals surface area contributed by atoms with Crippen LogP contribution in [0.1, 0.15) is 19.8 Å². The van der Waals surface area contributed by atoms with Gasteiger partial charge in [0.25, 0.3) is 0 Å². The van der Waals surface area contributed by atoms with Gasteiger partial charge in [0.2, 0.25) is 5.82 Å². The molecule has 3 aromatic rings. The smallest absolute Gasteiger partial charge is 0.490 e. The SMILES string of the molecule is CCCCOc1cccc2cc(-c3nn[nH]n3)c(=O)oc12.[Na+]. The van der Waals surface area contributed by atoms with Gasteiger partial charge in [0.15, 0.2) is 11.3 Å². The van der Waals surface area contributed by atoms with Gasteiger partial charge in [-0.25, -0.2) is 4.79 Å². The third-order valence-corrected chi connectivity index (χ3v) is 3.07. The van der Waals surface area contributed by atoms with Crippen molar-refractivity contribution in [3.8, 4) is 17.1 Å². The number of benzene rings is 1. The number of nitrogens with one attached hydrogen (secondary N) is 1. The third-order valence-electron chi connectivity index (χ3n) is 3.07. The van der Waals surface area contributed by atoms with E-state index in [1.807, 2.05) is 12.1 Å². The molecule has 0 bridgehead atoms. The Morgan fingerprint density at radius 3 is 2.95 bits per heavy atom. The number of H-pyrrole nitrogens is 1. The van der Waals surface area contributed by atoms with E-state index in [4.69, 9.17) is 9.15 Å². The summed E-state index contributed by atoms with van der Waals surface area (Å²) >= 11 is 0. The average Bonchev–Trinajstić information content (AvgIpc) is 3.01. The van der Waals surface area contributed by atoms with Crippen LogP contribution in [0.25, 0.3) is 22.4 Å². The van der Waals surface area contributed by atoms with Crippen LogP contribution in [0.4, 0.5) is 0 Å². The number of unbranched alkanes of at least 4 members (excludes halogenated alkanes) is 1. The molecule has 0 saturated carbocycles. The van der Waals surface area contributed by atoms with Crippen molar-refractivity contribution >= 4 is 11.0 Å². The van der Waals surface area contributed by atoms with E-state index in [0.29, 0.717) is 17.9 Å². The van der Waals surface area contributed by atoms with Crippen LogP contribution in [-0.4, -0.2) is 27.2 Å². The fourth-order valence-corrected chi connectivity index (χ4v) is 1.99. The predicted molar refractivity (Wildman–Crippen MR) is 76.1 cm³/mol. The topological polar surface area (TPSA) is 93.9 Å². The summed E-state index contributed by atoms with van der Waals surface area (Å²) in [5.41, 5.74) is 0.184. The van der Waals surface area contributed by atoms with Crippen molar-refractivity contribution in [1.82, 2.24) is 20.6 Å². The maximum Gasteiger partial charge on any atom is 1.00 e. The normalized spacial score (nSPS) is 10.4. The molecule has 7 nitrogen and oxygen atoms in total. The maximum atomic E-state index is 12.1. The summed E-state index contributed by atoms with van der Waals surface area (Å²) < 4.78 is 11.0. The van der Waals surface area contributed by atoms with Crippen molar-refractivity contribution < 1.29 is 38.7 Å². The molecule has 0 saturated heterocycles. The van der Waals surface area contributed by atoms with Crippen LogP contribution < -0.4 is 39.9 Å². The van der Waals surface area contributed by atoms with Crippen LogP contribution in [0.3, 0.4) is 0 Å². The Morgan fingerprint density at radius 2 is 2.23 bits per heavy atom. The van der Waals surface area contributed by atoms with Crippen LogP contribution in [0.2, 0.25) is 0 Å². The summed E-state index contributed by atoms with van der Waals surface area (Å²) in [5, 5.41) is 14.1. The summed E-state index contributed by atoms with van der Waals surface area (Å²) in [6.07, 6.45) is 1.98. The van der Waals surface area contributed by atoms with Gasteiger partial charge in [-0.15, -0.1) is 10.2 Å². The molecule has 1 aromatic carbocycles. The molecule has 0 unspecified atom stereocenters. The number of tetrazole rings is 1. The molecule has 0 amide bonds. The van der Waals surface area contributed by atoms with Gasteiger partial charge in [-0.3, -0.25) is 0 Å². The summed E-state index contributed by atoms with van der Waals surface area (Å²) in [4.78, 5) is 12.1. The molecule has 0 spiro atoms. The number of aromatic amines is 1. The minimum atomic E-state index is -0.518. The first-order chi connectivity index (χ1) is 10.3. The standard InChI is InChI=1S/C14H14N4O3.Na/c1-2-3-7-20-11-6-4-5-9-8-10(13-15-17-18-16-13)14(19)21-12(9)11;/h4-6,8H,2-3,7H2,1H3,(H,15,16,17,18);/q;+1. The van der Waals surface area contributed by atoms with Gasteiger partial charge in [-0.05, 0) is 23.8 Å². The number of fused-ring (bicyclic) bond motifs is 1. The first-order valence-electron chi connectivity index (χ1n) is 6.73. The Balaban J connectivity index is 0.00000176. The minimum absolute atomic E-state index is 0. The summed E-state index contributed by atoms with van der Waals surface area (Å²) in [6.45, 7) is 2.68. The molecular formula is C14H14N4NaO3+. The molecule has 3 rings (SSSR count). The Labute approximate surface area is 148 Å². The Kier molecular flexibility index (Phi) is 5.70. The number of para-hydroxylation sites is 1. The number of hydrogen-bond donors (Lipinski definition) is 1. The molecule has 0 fully saturated rings. The zero-order valence-electron chi connectivity index (χ0n) is 12.5. The first kappa shape index (κ1) is 16.7. The second-order valence-corrected chi connectivity index (χ2v) is 4.56. The number of nitrogens with zero attached hydrogens (tertiary/aromatic N) is 3. The van der Waals surface area contributed by atoms with Crippen LogP contribution in [-0.2, 0) is 0 Å². The Morgan fingerprint density at radius 1 is 1.36 bits per heavy atom. The van der Waals surface area contributed by atoms with Crippen molar-refractivity contribution in [1.29, 1.82) is 0 Å². The van der Waals surface area contributed by atoms with Gasteiger partial charge in [0.1, 0.15) is 5.56 Å². The van der Waals surface area contributed by atoms with Gasteiger partial charge >= 0.3 is 35.2 Å². The number of hydrogen-bond acceptors (Lipinski definition) is 6. The molecule has 22 heavy (non-hydrogen) atoms. The van der Waals surface area contributed by atoms with Crippen LogP contribution in [0.5, 0.6) is 5.75 Å². The van der Waals surface area contributed by atoms with Gasteiger partial charge in [0.05, 0.1) is 6.61 Å². The second kappa shape index (κ2) is 7.53. The van der Waals surface area contributed by atoms with Crippen LogP contribution in [0.15, 0.2) is 33.5 Å². The zero-order chi connectivity index (χ0) is 14.7. The monoisotopic (exact) mass is 309 g/mol. The van der Waals surface area contributed by atoms with Gasteiger partial charge < -0.3 is 9.15 Å². The Bertz CT molecular complexity index is 801. The molecule has 108 valence electrons. The van der Waals surface area contributed by atoms with E-state index in [-0.39, 0.29) is 40.9 Å². The predicted octanol–water partition coefficient (Wildman–Crippen LogP) is -0.844. The molecular weight excluding hydrogens is 295 g/mol. The van der Waals surface area contributed by atoms with E-state index in [2.05, 4.69) is 27.5 Å². The summed E-state index contributed by atoms with van der Waals surface area (Å²) in [7, 11) is 0. The maximum absolute atomic E-state index is 12.1. The molecule has 0 radical (unpaired) electrons. The third kappa shape index (κ3) is 3.37. The number of aromatic nitrogens is 4. The van der Waals surface area contributed by atoms with Crippen molar-refractivity contribution in [2.24, 2.45) is 0 Å². The first-order valence-corrected chi connectivity index (χ1v) is 6.73. The second-order valence-electron chi connectivity index (χ2n) is 4.56. The quantitative estimate of drug-likeness (QED) is 0.375. The molecule has 0 atom stereocenters. The van der Waals surface area contributed by atoms with Crippen molar-refractivity contribution in [3.05, 3.63) is 34.7 Å². The van der Waals surface area contributed by atoms with Gasteiger partial charge in [0, 0.05) is 5.39 Å². The van der Waals surface area contributed by atoms with Crippen molar-refractivity contribution in [2.75, 3.05) is 6.61 Å². The minimum Gasteiger partial charge on any atom is -0.490 e. The average molecular weight is 309 g/mol. The fourth-order valence-electron chi connectivity index (χ4n) is 1.99. The summed E-state index contributed by atoms with van der Waals surface area (Å²) in [5.74, 6) is 0.778. The molecule has 0 aliphatic carbocycles. The number of rotatable bonds is 5. The van der Waals surface area contributed by atoms with Crippen LogP contribution >= 0.6 is 0 Å². The van der Waals surface area contributed by atoms with E-state index in [9.17, 15) is 4.79 Å². The number of ether oxygens (including phenoxy) is 1. The molecule has 8 heteroatoms. The van der Waals surface area contributed by atoms with Gasteiger partial charge in [-0.2, -0.15) is 5.21 Å². The summed E-state index contributed by atoms with van der Waals surface area (Å²) in [6, 6.07) is 7.16. The fraction of sp³-hybridized carbons (Fsp3) is 0.286. The Hall–Kier alpha value is -1.70. The molecule has 2 aromatic heterocycles. The molecule has 2 heterocycles. The van der Waals surface area contributed by atoms with Crippen molar-refractivity contribution in [2.45, 2.75) is 19.8 Å². The largest absolute Gasteiger partial charge is 1.00 e. The molecule has 0 aliphatic heterocycles. The van der Waals surface area contributed by atoms with Crippen LogP contribution in [0, 0.1) is 0 Å². The van der Waals surface area contributed by atoms with E-state index < -0.39 is 5.63 Å². The molecule has 0 aliphatic rings.